The van der Waals surface area contributed by atoms with Gasteiger partial charge in [-0.3, -0.25) is 0 Å². The lowest BCUT2D eigenvalue weighted by Crippen LogP contribution is -2.43. The zero-order chi connectivity index (χ0) is 11.7. The predicted octanol–water partition coefficient (Wildman–Crippen LogP) is -2.24. The fourth-order valence-electron chi connectivity index (χ4n) is 0.568. The van der Waals surface area contributed by atoms with E-state index in [4.69, 9.17) is 31.5 Å². The number of rotatable bonds is 4. The van der Waals surface area contributed by atoms with E-state index in [0.717, 1.165) is 0 Å². The maximum absolute atomic E-state index is 9.87. The Morgan fingerprint density at radius 3 is 1.71 bits per heavy atom. The highest BCUT2D eigenvalue weighted by molar-refractivity contribution is 5.56. The Balaban J connectivity index is 0. The largest absolute Gasteiger partial charge is 0.391 e. The summed E-state index contributed by atoms with van der Waals surface area (Å²) in [6.07, 6.45) is -5.88. The summed E-state index contributed by atoms with van der Waals surface area (Å²) in [5, 5.41) is 35.1. The SMILES string of the molecule is CC(O)C(O)C(O)C(O)C=O.N=[N+]=N. The van der Waals surface area contributed by atoms with E-state index in [0.29, 0.717) is 0 Å². The van der Waals surface area contributed by atoms with Crippen LogP contribution < -0.4 is 4.91 Å². The van der Waals surface area contributed by atoms with Gasteiger partial charge in [0.25, 0.3) is 0 Å². The molecule has 0 aliphatic heterocycles. The highest BCUT2D eigenvalue weighted by atomic mass is 16.4. The number of aliphatic hydroxyl groups is 4. The van der Waals surface area contributed by atoms with Gasteiger partial charge in [0.05, 0.1) is 6.10 Å². The average molecular weight is 208 g/mol. The van der Waals surface area contributed by atoms with Crippen LogP contribution in [0.5, 0.6) is 0 Å². The smallest absolute Gasteiger partial charge is 0.211 e. The summed E-state index contributed by atoms with van der Waals surface area (Å²) in [5.74, 6) is 0. The third-order valence-electron chi connectivity index (χ3n) is 1.33. The Hall–Kier alpha value is -1.18. The van der Waals surface area contributed by atoms with Gasteiger partial charge in [0.2, 0.25) is 4.91 Å². The number of hydrogen-bond acceptors (Lipinski definition) is 7. The van der Waals surface area contributed by atoms with Gasteiger partial charge >= 0.3 is 0 Å². The van der Waals surface area contributed by atoms with Crippen molar-refractivity contribution in [3.63, 3.8) is 0 Å². The van der Waals surface area contributed by atoms with Crippen LogP contribution in [0.4, 0.5) is 0 Å². The van der Waals surface area contributed by atoms with Crippen LogP contribution in [0.1, 0.15) is 6.92 Å². The molecule has 4 unspecified atom stereocenters. The molecule has 0 aliphatic carbocycles. The second-order valence-electron chi connectivity index (χ2n) is 2.46. The van der Waals surface area contributed by atoms with Crippen molar-refractivity contribution in [2.75, 3.05) is 0 Å². The molecular weight excluding hydrogens is 194 g/mol. The van der Waals surface area contributed by atoms with Gasteiger partial charge < -0.3 is 25.2 Å². The molecule has 0 rings (SSSR count). The summed E-state index contributed by atoms with van der Waals surface area (Å²) in [4.78, 5) is 11.9. The number of aliphatic hydroxyl groups excluding tert-OH is 4. The molecule has 8 nitrogen and oxygen atoms in total. The summed E-state index contributed by atoms with van der Waals surface area (Å²) in [6, 6.07) is 0. The van der Waals surface area contributed by atoms with Crippen LogP contribution in [0.15, 0.2) is 0 Å². The molecule has 0 saturated carbocycles. The first kappa shape index (κ1) is 15.3. The van der Waals surface area contributed by atoms with Gasteiger partial charge in [-0.25, -0.2) is 0 Å². The van der Waals surface area contributed by atoms with Crippen LogP contribution in [0.25, 0.3) is 0 Å². The molecule has 8 heteroatoms. The van der Waals surface area contributed by atoms with Gasteiger partial charge in [-0.2, -0.15) is 0 Å². The number of aldehydes is 1. The topological polar surface area (TPSA) is 160 Å². The Kier molecular flexibility index (Phi) is 9.20. The van der Waals surface area contributed by atoms with Crippen molar-refractivity contribution in [2.45, 2.75) is 31.3 Å². The van der Waals surface area contributed by atoms with Gasteiger partial charge in [0.1, 0.15) is 29.4 Å². The molecule has 0 aromatic heterocycles. The molecule has 0 fully saturated rings. The number of nitrogens with zero attached hydrogens (tertiary/aromatic N) is 1. The summed E-state index contributed by atoms with van der Waals surface area (Å²) in [7, 11) is 0. The number of hydrogen-bond donors (Lipinski definition) is 6. The molecule has 0 heterocycles. The fraction of sp³-hybridized carbons (Fsp3) is 0.833. The highest BCUT2D eigenvalue weighted by Gasteiger charge is 2.27. The molecule has 6 N–H and O–H groups in total. The molecule has 0 radical (unpaired) electrons. The Labute approximate surface area is 79.8 Å². The van der Waals surface area contributed by atoms with Gasteiger partial charge in [-0.15, -0.1) is 0 Å². The fourth-order valence-corrected chi connectivity index (χ4v) is 0.568. The first-order chi connectivity index (χ1) is 6.42. The second-order valence-corrected chi connectivity index (χ2v) is 2.46. The van der Waals surface area contributed by atoms with Crippen molar-refractivity contribution >= 4 is 6.29 Å². The molecule has 0 aliphatic rings. The summed E-state index contributed by atoms with van der Waals surface area (Å²) >= 11 is 0. The molecule has 0 aromatic carbocycles. The zero-order valence-corrected chi connectivity index (χ0v) is 7.53. The minimum absolute atomic E-state index is 0.0935. The molecule has 4 atom stereocenters. The number of carbonyl (C=O) groups is 1. The van der Waals surface area contributed by atoms with Crippen molar-refractivity contribution in [2.24, 2.45) is 0 Å². The van der Waals surface area contributed by atoms with Crippen molar-refractivity contribution in [1.29, 1.82) is 11.1 Å². The summed E-state index contributed by atoms with van der Waals surface area (Å²) < 4.78 is 0. The van der Waals surface area contributed by atoms with E-state index in [1.54, 1.807) is 0 Å². The monoisotopic (exact) mass is 208 g/mol. The Morgan fingerprint density at radius 2 is 1.50 bits per heavy atom. The van der Waals surface area contributed by atoms with E-state index in [1.807, 2.05) is 4.91 Å². The van der Waals surface area contributed by atoms with Crippen molar-refractivity contribution in [1.82, 2.24) is 4.91 Å². The maximum Gasteiger partial charge on any atom is 0.211 e. The summed E-state index contributed by atoms with van der Waals surface area (Å²) in [6.45, 7) is 1.24. The maximum atomic E-state index is 9.87. The summed E-state index contributed by atoms with van der Waals surface area (Å²) in [5.41, 5.74) is 11.0. The minimum atomic E-state index is -1.65. The zero-order valence-electron chi connectivity index (χ0n) is 7.53. The average Bonchev–Trinajstić information content (AvgIpc) is 2.15. The molecule has 14 heavy (non-hydrogen) atoms. The molecular formula is C6H14N3O5+. The van der Waals surface area contributed by atoms with Gasteiger partial charge in [-0.1, -0.05) is 0 Å². The predicted molar refractivity (Wildman–Crippen MR) is 43.3 cm³/mol. The molecule has 0 amide bonds. The van der Waals surface area contributed by atoms with E-state index < -0.39 is 24.4 Å². The lowest BCUT2D eigenvalue weighted by atomic mass is 10.1. The first-order valence-corrected chi connectivity index (χ1v) is 3.63. The highest BCUT2D eigenvalue weighted by Crippen LogP contribution is 2.02. The van der Waals surface area contributed by atoms with E-state index >= 15 is 0 Å². The molecule has 0 bridgehead atoms. The Bertz CT molecular complexity index is 192. The van der Waals surface area contributed by atoms with Crippen molar-refractivity contribution in [3.8, 4) is 0 Å². The lowest BCUT2D eigenvalue weighted by Gasteiger charge is -2.21. The third-order valence-corrected chi connectivity index (χ3v) is 1.33. The van der Waals surface area contributed by atoms with Crippen molar-refractivity contribution in [3.05, 3.63) is 0 Å². The van der Waals surface area contributed by atoms with Gasteiger partial charge in [-0.05, 0) is 6.92 Å². The van der Waals surface area contributed by atoms with E-state index in [-0.39, 0.29) is 6.29 Å². The second kappa shape index (κ2) is 8.42. The molecule has 0 spiro atoms. The van der Waals surface area contributed by atoms with Crippen LogP contribution in [0.3, 0.4) is 0 Å². The molecule has 82 valence electrons. The molecule has 0 aromatic rings. The van der Waals surface area contributed by atoms with Gasteiger partial charge in [0.15, 0.2) is 6.29 Å². The first-order valence-electron chi connectivity index (χ1n) is 3.63. The van der Waals surface area contributed by atoms with Crippen LogP contribution in [-0.2, 0) is 4.79 Å². The minimum Gasteiger partial charge on any atom is -0.391 e. The van der Waals surface area contributed by atoms with Crippen molar-refractivity contribution < 1.29 is 25.2 Å². The standard InChI is InChI=1S/C6H12O5.H2N3/c1-3(8)5(10)6(11)4(9)2-7;1-3-2/h2-6,8-11H,1H3;1-2H/q;+1. The van der Waals surface area contributed by atoms with E-state index in [2.05, 4.69) is 0 Å². The van der Waals surface area contributed by atoms with Crippen LogP contribution >= 0.6 is 0 Å². The van der Waals surface area contributed by atoms with Crippen LogP contribution in [-0.4, -0.2) is 51.1 Å². The number of nitrogens with one attached hydrogen (secondary N) is 2. The van der Waals surface area contributed by atoms with Crippen LogP contribution in [0.2, 0.25) is 0 Å². The lowest BCUT2D eigenvalue weighted by molar-refractivity contribution is -0.132. The quantitative estimate of drug-likeness (QED) is 0.175. The third kappa shape index (κ3) is 6.35. The normalized spacial score (nSPS) is 17.8. The molecule has 0 saturated heterocycles. The Morgan fingerprint density at radius 1 is 1.14 bits per heavy atom. The van der Waals surface area contributed by atoms with Crippen LogP contribution in [0, 0.1) is 11.1 Å². The number of carbonyl (C=O) groups excluding carboxylic acids is 1. The van der Waals surface area contributed by atoms with E-state index in [9.17, 15) is 4.79 Å². The van der Waals surface area contributed by atoms with Gasteiger partial charge in [0, 0.05) is 0 Å². The van der Waals surface area contributed by atoms with E-state index in [1.165, 1.54) is 6.92 Å².